The Bertz CT molecular complexity index is 359. The molecule has 2 rings (SSSR count). The summed E-state index contributed by atoms with van der Waals surface area (Å²) >= 11 is 4.96. The molecule has 1 nitrogen and oxygen atoms in total. The predicted molar refractivity (Wildman–Crippen MR) is 62.8 cm³/mol. The second kappa shape index (κ2) is 4.41. The Balaban J connectivity index is 1.99. The number of ketones is 1. The van der Waals surface area contributed by atoms with Crippen molar-refractivity contribution in [2.75, 3.05) is 0 Å². The number of hydrogen-bond donors (Lipinski definition) is 0. The summed E-state index contributed by atoms with van der Waals surface area (Å²) in [5.74, 6) is 0.807. The van der Waals surface area contributed by atoms with E-state index in [0.717, 1.165) is 22.9 Å². The molecule has 1 heterocycles. The average Bonchev–Trinajstić information content (AvgIpc) is 2.75. The highest BCUT2D eigenvalue weighted by Gasteiger charge is 2.18. The van der Waals surface area contributed by atoms with Crippen molar-refractivity contribution in [1.29, 1.82) is 0 Å². The monoisotopic (exact) mass is 270 g/mol. The molecule has 0 saturated carbocycles. The van der Waals surface area contributed by atoms with Crippen LogP contribution in [0.5, 0.6) is 0 Å². The zero-order valence-electron chi connectivity index (χ0n) is 7.70. The van der Waals surface area contributed by atoms with Crippen molar-refractivity contribution in [3.05, 3.63) is 32.9 Å². The molecule has 1 aromatic heterocycles. The van der Waals surface area contributed by atoms with E-state index < -0.39 is 0 Å². The molecular weight excluding hydrogens is 260 g/mol. The van der Waals surface area contributed by atoms with Crippen LogP contribution in [0.3, 0.4) is 0 Å². The summed E-state index contributed by atoms with van der Waals surface area (Å²) < 4.78 is 0.943. The van der Waals surface area contributed by atoms with Crippen LogP contribution in [-0.4, -0.2) is 5.78 Å². The second-order valence-electron chi connectivity index (χ2n) is 3.57. The van der Waals surface area contributed by atoms with Crippen molar-refractivity contribution in [3.63, 3.8) is 0 Å². The lowest BCUT2D eigenvalue weighted by Gasteiger charge is -2.06. The maximum absolute atomic E-state index is 11.8. The number of allylic oxidation sites excluding steroid dienone is 2. The van der Waals surface area contributed by atoms with Gasteiger partial charge >= 0.3 is 0 Å². The van der Waals surface area contributed by atoms with Crippen molar-refractivity contribution < 1.29 is 4.79 Å². The summed E-state index contributed by atoms with van der Waals surface area (Å²) in [7, 11) is 0. The Hall–Kier alpha value is -0.410. The quantitative estimate of drug-likeness (QED) is 0.598. The predicted octanol–water partition coefficient (Wildman–Crippen LogP) is 4.05. The third-order valence-corrected chi connectivity index (χ3v) is 4.20. The molecule has 0 amide bonds. The van der Waals surface area contributed by atoms with Gasteiger partial charge in [-0.25, -0.2) is 0 Å². The molecule has 0 aliphatic heterocycles. The van der Waals surface area contributed by atoms with E-state index in [1.54, 1.807) is 11.3 Å². The first-order chi connectivity index (χ1) is 6.77. The number of halogens is 1. The summed E-state index contributed by atoms with van der Waals surface area (Å²) in [5, 5.41) is 3.88. The molecule has 14 heavy (non-hydrogen) atoms. The first-order valence-corrected chi connectivity index (χ1v) is 6.41. The Morgan fingerprint density at radius 1 is 1.43 bits per heavy atom. The largest absolute Gasteiger partial charge is 0.294 e. The smallest absolute Gasteiger partial charge is 0.165 e. The molecule has 1 aliphatic carbocycles. The summed E-state index contributed by atoms with van der Waals surface area (Å²) in [6.07, 6.45) is 7.14. The molecule has 0 spiro atoms. The third kappa shape index (κ3) is 2.15. The summed E-state index contributed by atoms with van der Waals surface area (Å²) in [6.45, 7) is 0. The topological polar surface area (TPSA) is 17.1 Å². The average molecular weight is 271 g/mol. The molecule has 0 N–H and O–H groups in total. The van der Waals surface area contributed by atoms with Crippen LogP contribution in [-0.2, 0) is 0 Å². The molecule has 0 atom stereocenters. The van der Waals surface area contributed by atoms with Crippen LogP contribution in [0, 0.1) is 5.92 Å². The summed E-state index contributed by atoms with van der Waals surface area (Å²) in [6, 6.07) is 0. The van der Waals surface area contributed by atoms with Crippen LogP contribution in [0.2, 0.25) is 0 Å². The third-order valence-electron chi connectivity index (χ3n) is 2.49. The van der Waals surface area contributed by atoms with Crippen LogP contribution in [0.25, 0.3) is 0 Å². The molecule has 1 aromatic rings. The van der Waals surface area contributed by atoms with Crippen LogP contribution in [0.15, 0.2) is 27.4 Å². The van der Waals surface area contributed by atoms with Gasteiger partial charge in [0.25, 0.3) is 0 Å². The van der Waals surface area contributed by atoms with E-state index in [4.69, 9.17) is 0 Å². The van der Waals surface area contributed by atoms with E-state index in [1.165, 1.54) is 0 Å². The Kier molecular flexibility index (Phi) is 3.19. The minimum Gasteiger partial charge on any atom is -0.294 e. The van der Waals surface area contributed by atoms with Gasteiger partial charge in [-0.2, -0.15) is 11.3 Å². The van der Waals surface area contributed by atoms with Crippen LogP contribution < -0.4 is 0 Å². The number of thiophene rings is 1. The minimum absolute atomic E-state index is 0.270. The maximum atomic E-state index is 11.8. The zero-order valence-corrected chi connectivity index (χ0v) is 10.1. The van der Waals surface area contributed by atoms with Crippen LogP contribution in [0.1, 0.15) is 29.6 Å². The van der Waals surface area contributed by atoms with E-state index in [1.807, 2.05) is 10.8 Å². The molecule has 74 valence electrons. The molecule has 1 aliphatic rings. The van der Waals surface area contributed by atoms with Crippen LogP contribution in [0.4, 0.5) is 0 Å². The van der Waals surface area contributed by atoms with E-state index in [0.29, 0.717) is 12.3 Å². The van der Waals surface area contributed by atoms with E-state index in [9.17, 15) is 4.79 Å². The molecular formula is C11H11BrOS. The van der Waals surface area contributed by atoms with Gasteiger partial charge in [-0.3, -0.25) is 4.79 Å². The molecule has 0 fully saturated rings. The highest BCUT2D eigenvalue weighted by molar-refractivity contribution is 9.10. The van der Waals surface area contributed by atoms with Gasteiger partial charge in [0.05, 0.1) is 0 Å². The molecule has 0 bridgehead atoms. The van der Waals surface area contributed by atoms with E-state index in [-0.39, 0.29) is 5.78 Å². The van der Waals surface area contributed by atoms with Crippen molar-refractivity contribution in [1.82, 2.24) is 0 Å². The first-order valence-electron chi connectivity index (χ1n) is 4.67. The lowest BCUT2D eigenvalue weighted by molar-refractivity contribution is 0.0963. The number of carbonyl (C=O) groups is 1. The minimum atomic E-state index is 0.270. The molecule has 0 saturated heterocycles. The molecule has 0 radical (unpaired) electrons. The second-order valence-corrected chi connectivity index (χ2v) is 5.17. The van der Waals surface area contributed by atoms with Gasteiger partial charge in [-0.15, -0.1) is 0 Å². The number of carbonyl (C=O) groups excluding carboxylic acids is 1. The van der Waals surface area contributed by atoms with E-state index in [2.05, 4.69) is 28.1 Å². The fourth-order valence-corrected chi connectivity index (χ4v) is 3.21. The Morgan fingerprint density at radius 2 is 2.14 bits per heavy atom. The lowest BCUT2D eigenvalue weighted by atomic mass is 9.98. The van der Waals surface area contributed by atoms with Gasteiger partial charge < -0.3 is 0 Å². The highest BCUT2D eigenvalue weighted by Crippen LogP contribution is 2.27. The van der Waals surface area contributed by atoms with Gasteiger partial charge in [-0.05, 0) is 34.7 Å². The van der Waals surface area contributed by atoms with Gasteiger partial charge in [0.1, 0.15) is 0 Å². The summed E-state index contributed by atoms with van der Waals surface area (Å²) in [4.78, 5) is 11.8. The summed E-state index contributed by atoms with van der Waals surface area (Å²) in [5.41, 5.74) is 0.849. The standard InChI is InChI=1S/C11H11BrOS/c12-10-7-14-6-9(10)11(13)5-8-3-1-2-4-8/h1-2,6-8H,3-5H2. The SMILES string of the molecule is O=C(CC1CC=CC1)c1cscc1Br. The Morgan fingerprint density at radius 3 is 2.71 bits per heavy atom. The van der Waals surface area contributed by atoms with Crippen molar-refractivity contribution >= 4 is 33.0 Å². The molecule has 0 unspecified atom stereocenters. The zero-order chi connectivity index (χ0) is 9.97. The first kappa shape index (κ1) is 10.1. The molecule has 3 heteroatoms. The number of Topliss-reactive ketones (excluding diaryl/α,β-unsaturated/α-hetero) is 1. The van der Waals surface area contributed by atoms with Gasteiger partial charge in [-0.1, -0.05) is 12.2 Å². The van der Waals surface area contributed by atoms with Gasteiger partial charge in [0.15, 0.2) is 5.78 Å². The highest BCUT2D eigenvalue weighted by atomic mass is 79.9. The fourth-order valence-electron chi connectivity index (χ4n) is 1.69. The fraction of sp³-hybridized carbons (Fsp3) is 0.364. The van der Waals surface area contributed by atoms with Gasteiger partial charge in [0.2, 0.25) is 0 Å². The number of rotatable bonds is 3. The van der Waals surface area contributed by atoms with Crippen molar-refractivity contribution in [2.45, 2.75) is 19.3 Å². The lowest BCUT2D eigenvalue weighted by Crippen LogP contribution is -2.05. The van der Waals surface area contributed by atoms with Crippen molar-refractivity contribution in [2.24, 2.45) is 5.92 Å². The van der Waals surface area contributed by atoms with Gasteiger partial charge in [0, 0.05) is 27.2 Å². The van der Waals surface area contributed by atoms with Crippen LogP contribution >= 0.6 is 27.3 Å². The number of hydrogen-bond acceptors (Lipinski definition) is 2. The van der Waals surface area contributed by atoms with E-state index >= 15 is 0 Å². The Labute approximate surface area is 96.0 Å². The normalized spacial score (nSPS) is 16.4. The van der Waals surface area contributed by atoms with Crippen molar-refractivity contribution in [3.8, 4) is 0 Å². The maximum Gasteiger partial charge on any atom is 0.165 e. The molecule has 0 aromatic carbocycles.